The highest BCUT2D eigenvalue weighted by atomic mass is 79.9. The molecule has 0 heterocycles. The maximum absolute atomic E-state index is 6.26. The number of nitrogens with two attached hydrogens (primary N) is 1. The molecule has 3 heteroatoms. The Morgan fingerprint density at radius 2 is 2.00 bits per heavy atom. The smallest absolute Gasteiger partial charge is 0.0595 e. The van der Waals surface area contributed by atoms with Crippen molar-refractivity contribution in [3.05, 3.63) is 33.3 Å². The van der Waals surface area contributed by atoms with E-state index in [1.807, 2.05) is 18.2 Å². The minimum atomic E-state index is 0.0949. The average molecular weight is 289 g/mol. The Morgan fingerprint density at radius 1 is 1.33 bits per heavy atom. The van der Waals surface area contributed by atoms with Gasteiger partial charge in [-0.25, -0.2) is 0 Å². The molecule has 1 unspecified atom stereocenters. The molecule has 0 bridgehead atoms. The Hall–Kier alpha value is -0.0500. The molecule has 82 valence electrons. The normalized spacial score (nSPS) is 19.4. The van der Waals surface area contributed by atoms with Crippen LogP contribution >= 0.6 is 27.5 Å². The van der Waals surface area contributed by atoms with Gasteiger partial charge in [-0.2, -0.15) is 0 Å². The lowest BCUT2D eigenvalue weighted by molar-refractivity contribution is 0.445. The molecule has 1 atom stereocenters. The van der Waals surface area contributed by atoms with Crippen LogP contribution in [0.5, 0.6) is 0 Å². The predicted molar refractivity (Wildman–Crippen MR) is 68.0 cm³/mol. The molecule has 1 aliphatic carbocycles. The average Bonchev–Trinajstić information content (AvgIpc) is 2.74. The summed E-state index contributed by atoms with van der Waals surface area (Å²) in [5.41, 5.74) is 7.35. The summed E-state index contributed by atoms with van der Waals surface area (Å²) < 4.78 is 0.940. The van der Waals surface area contributed by atoms with E-state index in [2.05, 4.69) is 15.9 Å². The van der Waals surface area contributed by atoms with Crippen LogP contribution < -0.4 is 5.73 Å². The van der Waals surface area contributed by atoms with Crippen LogP contribution in [0.1, 0.15) is 37.3 Å². The fourth-order valence-electron chi connectivity index (χ4n) is 2.35. The summed E-state index contributed by atoms with van der Waals surface area (Å²) in [5.74, 6) is 0.608. The van der Waals surface area contributed by atoms with E-state index in [4.69, 9.17) is 17.3 Å². The summed E-state index contributed by atoms with van der Waals surface area (Å²) in [4.78, 5) is 0. The Kier molecular flexibility index (Phi) is 3.70. The molecule has 0 saturated heterocycles. The van der Waals surface area contributed by atoms with E-state index in [1.54, 1.807) is 0 Å². The van der Waals surface area contributed by atoms with E-state index < -0.39 is 0 Å². The standard InChI is InChI=1S/C12H15BrClN/c13-10-7-3-6-9(11(10)14)12(15)8-4-1-2-5-8/h3,6-8,12H,1-2,4-5,15H2. The molecule has 1 nitrogen and oxygen atoms in total. The summed E-state index contributed by atoms with van der Waals surface area (Å²) in [6.45, 7) is 0. The topological polar surface area (TPSA) is 26.0 Å². The Balaban J connectivity index is 2.24. The fourth-order valence-corrected chi connectivity index (χ4v) is 2.98. The van der Waals surface area contributed by atoms with Crippen LogP contribution in [0.2, 0.25) is 5.02 Å². The number of halogens is 2. The molecule has 0 radical (unpaired) electrons. The zero-order valence-electron chi connectivity index (χ0n) is 8.55. The number of rotatable bonds is 2. The van der Waals surface area contributed by atoms with Gasteiger partial charge in [0.25, 0.3) is 0 Å². The molecule has 1 aromatic carbocycles. The van der Waals surface area contributed by atoms with Crippen molar-refractivity contribution in [3.63, 3.8) is 0 Å². The van der Waals surface area contributed by atoms with E-state index in [-0.39, 0.29) is 6.04 Å². The number of hydrogen-bond donors (Lipinski definition) is 1. The lowest BCUT2D eigenvalue weighted by Crippen LogP contribution is -2.19. The van der Waals surface area contributed by atoms with Gasteiger partial charge in [0.1, 0.15) is 0 Å². The summed E-state index contributed by atoms with van der Waals surface area (Å²) in [7, 11) is 0. The van der Waals surface area contributed by atoms with Crippen LogP contribution in [0.4, 0.5) is 0 Å². The maximum atomic E-state index is 6.26. The van der Waals surface area contributed by atoms with Crippen LogP contribution in [-0.2, 0) is 0 Å². The third-order valence-electron chi connectivity index (χ3n) is 3.25. The lowest BCUT2D eigenvalue weighted by Gasteiger charge is -2.20. The van der Waals surface area contributed by atoms with Gasteiger partial charge in [-0.1, -0.05) is 36.6 Å². The van der Waals surface area contributed by atoms with Crippen molar-refractivity contribution < 1.29 is 0 Å². The maximum Gasteiger partial charge on any atom is 0.0595 e. The van der Waals surface area contributed by atoms with Gasteiger partial charge >= 0.3 is 0 Å². The van der Waals surface area contributed by atoms with Crippen molar-refractivity contribution in [1.29, 1.82) is 0 Å². The Bertz CT molecular complexity index is 347. The van der Waals surface area contributed by atoms with Gasteiger partial charge in [-0.05, 0) is 46.3 Å². The monoisotopic (exact) mass is 287 g/mol. The zero-order chi connectivity index (χ0) is 10.8. The van der Waals surface area contributed by atoms with Crippen LogP contribution in [0.15, 0.2) is 22.7 Å². The first kappa shape index (κ1) is 11.4. The molecule has 1 aliphatic rings. The van der Waals surface area contributed by atoms with Crippen LogP contribution in [0, 0.1) is 5.92 Å². The fraction of sp³-hybridized carbons (Fsp3) is 0.500. The second kappa shape index (κ2) is 4.86. The molecule has 0 amide bonds. The molecule has 1 fully saturated rings. The van der Waals surface area contributed by atoms with Gasteiger partial charge in [0.05, 0.1) is 5.02 Å². The van der Waals surface area contributed by atoms with Gasteiger partial charge < -0.3 is 5.73 Å². The minimum absolute atomic E-state index is 0.0949. The molecule has 2 N–H and O–H groups in total. The summed E-state index contributed by atoms with van der Waals surface area (Å²) in [6.07, 6.45) is 5.10. The van der Waals surface area contributed by atoms with Crippen molar-refractivity contribution in [2.75, 3.05) is 0 Å². The Morgan fingerprint density at radius 3 is 2.67 bits per heavy atom. The van der Waals surface area contributed by atoms with Crippen LogP contribution in [0.25, 0.3) is 0 Å². The molecule has 0 spiro atoms. The van der Waals surface area contributed by atoms with Crippen molar-refractivity contribution in [2.45, 2.75) is 31.7 Å². The van der Waals surface area contributed by atoms with Crippen LogP contribution in [0.3, 0.4) is 0 Å². The van der Waals surface area contributed by atoms with E-state index in [0.717, 1.165) is 15.1 Å². The van der Waals surface area contributed by atoms with Crippen molar-refractivity contribution >= 4 is 27.5 Å². The van der Waals surface area contributed by atoms with Gasteiger partial charge in [0.2, 0.25) is 0 Å². The molecule has 2 rings (SSSR count). The lowest BCUT2D eigenvalue weighted by atomic mass is 9.92. The van der Waals surface area contributed by atoms with Crippen molar-refractivity contribution in [3.8, 4) is 0 Å². The second-order valence-electron chi connectivity index (χ2n) is 4.21. The zero-order valence-corrected chi connectivity index (χ0v) is 10.9. The summed E-state index contributed by atoms with van der Waals surface area (Å²) >= 11 is 9.68. The van der Waals surface area contributed by atoms with Gasteiger partial charge in [0, 0.05) is 10.5 Å². The highest BCUT2D eigenvalue weighted by Crippen LogP contribution is 2.38. The highest BCUT2D eigenvalue weighted by molar-refractivity contribution is 9.10. The van der Waals surface area contributed by atoms with Gasteiger partial charge in [-0.3, -0.25) is 0 Å². The third-order valence-corrected chi connectivity index (χ3v) is 4.56. The second-order valence-corrected chi connectivity index (χ2v) is 5.45. The largest absolute Gasteiger partial charge is 0.324 e. The van der Waals surface area contributed by atoms with Crippen LogP contribution in [-0.4, -0.2) is 0 Å². The molecular formula is C12H15BrClN. The van der Waals surface area contributed by atoms with E-state index in [9.17, 15) is 0 Å². The quantitative estimate of drug-likeness (QED) is 0.863. The predicted octanol–water partition coefficient (Wildman–Crippen LogP) is 4.29. The summed E-state index contributed by atoms with van der Waals surface area (Å²) in [6, 6.07) is 6.08. The van der Waals surface area contributed by atoms with Gasteiger partial charge in [0.15, 0.2) is 0 Å². The molecule has 15 heavy (non-hydrogen) atoms. The van der Waals surface area contributed by atoms with Crippen molar-refractivity contribution in [2.24, 2.45) is 11.7 Å². The number of hydrogen-bond acceptors (Lipinski definition) is 1. The highest BCUT2D eigenvalue weighted by Gasteiger charge is 2.24. The first-order chi connectivity index (χ1) is 7.20. The molecule has 0 aliphatic heterocycles. The molecular weight excluding hydrogens is 273 g/mol. The van der Waals surface area contributed by atoms with Gasteiger partial charge in [-0.15, -0.1) is 0 Å². The number of benzene rings is 1. The van der Waals surface area contributed by atoms with Crippen molar-refractivity contribution in [1.82, 2.24) is 0 Å². The SMILES string of the molecule is NC(c1cccc(Br)c1Cl)C1CCCC1. The van der Waals surface area contributed by atoms with E-state index in [1.165, 1.54) is 25.7 Å². The summed E-state index contributed by atoms with van der Waals surface area (Å²) in [5, 5.41) is 0.775. The van der Waals surface area contributed by atoms with E-state index >= 15 is 0 Å². The first-order valence-corrected chi connectivity index (χ1v) is 6.56. The minimum Gasteiger partial charge on any atom is -0.324 e. The molecule has 1 aromatic rings. The first-order valence-electron chi connectivity index (χ1n) is 5.39. The molecule has 1 saturated carbocycles. The Labute approximate surface area is 104 Å². The third kappa shape index (κ3) is 2.38. The van der Waals surface area contributed by atoms with E-state index in [0.29, 0.717) is 5.92 Å². The molecule has 0 aromatic heterocycles.